The highest BCUT2D eigenvalue weighted by molar-refractivity contribution is 6.36. The molecule has 1 atom stereocenters. The Morgan fingerprint density at radius 2 is 1.59 bits per heavy atom. The second-order valence-electron chi connectivity index (χ2n) is 10.4. The molecule has 0 saturated heterocycles. The summed E-state index contributed by atoms with van der Waals surface area (Å²) in [5.74, 6) is 1.10. The van der Waals surface area contributed by atoms with E-state index in [1.54, 1.807) is 6.07 Å². The van der Waals surface area contributed by atoms with Gasteiger partial charge in [0.2, 0.25) is 5.91 Å². The van der Waals surface area contributed by atoms with Crippen molar-refractivity contribution in [1.29, 1.82) is 0 Å². The first kappa shape index (κ1) is 23.4. The molecule has 6 nitrogen and oxygen atoms in total. The van der Waals surface area contributed by atoms with Gasteiger partial charge in [0, 0.05) is 5.02 Å². The number of hydrogen-bond donors (Lipinski definition) is 3. The molecule has 4 aliphatic carbocycles. The fourth-order valence-electron chi connectivity index (χ4n) is 6.34. The SMILES string of the molecule is CC(C)C[C@H](NC(=O)c1ccc(Cl)cc1Cl)C(=O)NNC(=O)C12CC3CC(CC(C3)C1)C2. The molecule has 0 aromatic heterocycles. The molecule has 32 heavy (non-hydrogen) atoms. The van der Waals surface area contributed by atoms with E-state index in [1.807, 2.05) is 13.8 Å². The summed E-state index contributed by atoms with van der Waals surface area (Å²) in [5, 5.41) is 3.40. The zero-order valence-corrected chi connectivity index (χ0v) is 20.1. The Kier molecular flexibility index (Phi) is 6.73. The normalized spacial score (nSPS) is 29.0. The number of halogens is 2. The van der Waals surface area contributed by atoms with Gasteiger partial charge in [0.15, 0.2) is 0 Å². The van der Waals surface area contributed by atoms with Gasteiger partial charge in [-0.25, -0.2) is 0 Å². The van der Waals surface area contributed by atoms with Crippen molar-refractivity contribution >= 4 is 40.9 Å². The first-order valence-corrected chi connectivity index (χ1v) is 12.3. The van der Waals surface area contributed by atoms with Gasteiger partial charge in [0.25, 0.3) is 11.8 Å². The minimum Gasteiger partial charge on any atom is -0.340 e. The van der Waals surface area contributed by atoms with E-state index in [0.29, 0.717) is 29.2 Å². The molecule has 0 aliphatic heterocycles. The number of nitrogens with one attached hydrogen (secondary N) is 3. The van der Waals surface area contributed by atoms with Crippen LogP contribution in [0, 0.1) is 29.1 Å². The quantitative estimate of drug-likeness (QED) is 0.524. The summed E-state index contributed by atoms with van der Waals surface area (Å²) >= 11 is 12.1. The zero-order valence-electron chi connectivity index (χ0n) is 18.5. The molecule has 1 aromatic rings. The van der Waals surface area contributed by atoms with Crippen molar-refractivity contribution in [3.8, 4) is 0 Å². The summed E-state index contributed by atoms with van der Waals surface area (Å²) in [6.07, 6.45) is 6.92. The van der Waals surface area contributed by atoms with E-state index < -0.39 is 17.9 Å². The third-order valence-corrected chi connectivity index (χ3v) is 7.87. The summed E-state index contributed by atoms with van der Waals surface area (Å²) in [7, 11) is 0. The highest BCUT2D eigenvalue weighted by Crippen LogP contribution is 2.60. The van der Waals surface area contributed by atoms with Crippen LogP contribution in [0.25, 0.3) is 0 Å². The van der Waals surface area contributed by atoms with E-state index in [4.69, 9.17) is 23.2 Å². The average Bonchev–Trinajstić information content (AvgIpc) is 2.69. The van der Waals surface area contributed by atoms with Crippen LogP contribution in [0.5, 0.6) is 0 Å². The summed E-state index contributed by atoms with van der Waals surface area (Å²) in [4.78, 5) is 38.8. The number of carbonyl (C=O) groups is 3. The van der Waals surface area contributed by atoms with Gasteiger partial charge in [0.05, 0.1) is 16.0 Å². The fraction of sp³-hybridized carbons (Fsp3) is 0.625. The number of amides is 3. The van der Waals surface area contributed by atoms with Gasteiger partial charge in [-0.3, -0.25) is 25.2 Å². The molecule has 4 saturated carbocycles. The Hall–Kier alpha value is -1.79. The van der Waals surface area contributed by atoms with E-state index in [2.05, 4.69) is 16.2 Å². The van der Waals surface area contributed by atoms with Gasteiger partial charge in [-0.1, -0.05) is 37.0 Å². The van der Waals surface area contributed by atoms with Crippen molar-refractivity contribution < 1.29 is 14.4 Å². The zero-order chi connectivity index (χ0) is 23.0. The summed E-state index contributed by atoms with van der Waals surface area (Å²) in [6.45, 7) is 3.94. The fourth-order valence-corrected chi connectivity index (χ4v) is 6.83. The molecule has 0 unspecified atom stereocenters. The third kappa shape index (κ3) is 4.91. The molecule has 0 heterocycles. The Balaban J connectivity index is 1.39. The molecule has 3 N–H and O–H groups in total. The second-order valence-corrected chi connectivity index (χ2v) is 11.3. The third-order valence-electron chi connectivity index (χ3n) is 7.32. The molecule has 1 aromatic carbocycles. The van der Waals surface area contributed by atoms with Crippen molar-refractivity contribution in [1.82, 2.24) is 16.2 Å². The number of hydrogen-bond acceptors (Lipinski definition) is 3. The molecule has 4 bridgehead atoms. The molecule has 0 spiro atoms. The Labute approximate surface area is 199 Å². The monoisotopic (exact) mass is 479 g/mol. The largest absolute Gasteiger partial charge is 0.340 e. The molecule has 0 radical (unpaired) electrons. The van der Waals surface area contributed by atoms with E-state index >= 15 is 0 Å². The van der Waals surface area contributed by atoms with Crippen molar-refractivity contribution in [2.75, 3.05) is 0 Å². The summed E-state index contributed by atoms with van der Waals surface area (Å²) in [6, 6.07) is 3.79. The molecular formula is C24H31Cl2N3O3. The van der Waals surface area contributed by atoms with Crippen LogP contribution in [0.4, 0.5) is 0 Å². The number of hydrazine groups is 1. The Morgan fingerprint density at radius 1 is 1.00 bits per heavy atom. The van der Waals surface area contributed by atoms with Crippen LogP contribution in [-0.2, 0) is 9.59 Å². The maximum Gasteiger partial charge on any atom is 0.260 e. The van der Waals surface area contributed by atoms with Crippen LogP contribution in [0.1, 0.15) is 69.2 Å². The van der Waals surface area contributed by atoms with Gasteiger partial charge >= 0.3 is 0 Å². The smallest absolute Gasteiger partial charge is 0.260 e. The first-order chi connectivity index (χ1) is 15.1. The molecule has 174 valence electrons. The van der Waals surface area contributed by atoms with Gasteiger partial charge in [-0.2, -0.15) is 0 Å². The standard InChI is InChI=1S/C24H31Cl2N3O3/c1-13(2)5-20(27-21(30)18-4-3-17(25)9-19(18)26)22(31)28-29-23(32)24-10-14-6-15(11-24)8-16(7-14)12-24/h3-4,9,13-16,20H,5-8,10-12H2,1-2H3,(H,27,30)(H,28,31)(H,29,32)/t14?,15?,16?,20-,24?/m0/s1. The van der Waals surface area contributed by atoms with E-state index in [9.17, 15) is 14.4 Å². The lowest BCUT2D eigenvalue weighted by Crippen LogP contribution is -2.59. The van der Waals surface area contributed by atoms with Crippen LogP contribution in [-0.4, -0.2) is 23.8 Å². The van der Waals surface area contributed by atoms with Crippen LogP contribution >= 0.6 is 23.2 Å². The highest BCUT2D eigenvalue weighted by Gasteiger charge is 2.54. The molecule has 4 aliphatic rings. The summed E-state index contributed by atoms with van der Waals surface area (Å²) in [5.41, 5.74) is 5.17. The van der Waals surface area contributed by atoms with E-state index in [1.165, 1.54) is 31.4 Å². The van der Waals surface area contributed by atoms with Crippen molar-refractivity contribution in [3.05, 3.63) is 33.8 Å². The lowest BCUT2D eigenvalue weighted by Gasteiger charge is -2.55. The van der Waals surface area contributed by atoms with Crippen molar-refractivity contribution in [2.45, 2.75) is 64.8 Å². The maximum atomic E-state index is 13.1. The van der Waals surface area contributed by atoms with Crippen LogP contribution in [0.2, 0.25) is 10.0 Å². The van der Waals surface area contributed by atoms with E-state index in [-0.39, 0.29) is 27.8 Å². The number of carbonyl (C=O) groups excluding carboxylic acids is 3. The molecule has 4 fully saturated rings. The molecule has 5 rings (SSSR count). The highest BCUT2D eigenvalue weighted by atomic mass is 35.5. The summed E-state index contributed by atoms with van der Waals surface area (Å²) < 4.78 is 0. The predicted molar refractivity (Wildman–Crippen MR) is 124 cm³/mol. The molecule has 3 amide bonds. The van der Waals surface area contributed by atoms with Crippen LogP contribution < -0.4 is 16.2 Å². The van der Waals surface area contributed by atoms with Crippen molar-refractivity contribution in [2.24, 2.45) is 29.1 Å². The van der Waals surface area contributed by atoms with Crippen molar-refractivity contribution in [3.63, 3.8) is 0 Å². The van der Waals surface area contributed by atoms with Crippen LogP contribution in [0.15, 0.2) is 18.2 Å². The first-order valence-electron chi connectivity index (χ1n) is 11.5. The van der Waals surface area contributed by atoms with Gasteiger partial charge in [-0.05, 0) is 86.8 Å². The maximum absolute atomic E-state index is 13.1. The molecule has 8 heteroatoms. The Morgan fingerprint density at radius 3 is 2.12 bits per heavy atom. The second kappa shape index (κ2) is 9.22. The number of benzene rings is 1. The van der Waals surface area contributed by atoms with Gasteiger partial charge in [-0.15, -0.1) is 0 Å². The minimum atomic E-state index is -0.800. The van der Waals surface area contributed by atoms with Gasteiger partial charge in [0.1, 0.15) is 6.04 Å². The predicted octanol–water partition coefficient (Wildman–Crippen LogP) is 4.50. The number of rotatable bonds is 6. The topological polar surface area (TPSA) is 87.3 Å². The van der Waals surface area contributed by atoms with E-state index in [0.717, 1.165) is 19.3 Å². The minimum absolute atomic E-state index is 0.0830. The van der Waals surface area contributed by atoms with Crippen LogP contribution in [0.3, 0.4) is 0 Å². The van der Waals surface area contributed by atoms with Gasteiger partial charge < -0.3 is 5.32 Å². The Bertz CT molecular complexity index is 882. The lowest BCUT2D eigenvalue weighted by atomic mass is 9.49. The average molecular weight is 480 g/mol. The molecular weight excluding hydrogens is 449 g/mol. The lowest BCUT2D eigenvalue weighted by molar-refractivity contribution is -0.149.